The summed E-state index contributed by atoms with van der Waals surface area (Å²) in [5.74, 6) is 0. The molecule has 0 heterocycles. The molecule has 0 aliphatic heterocycles. The molecular formula is C10H2Mg-8. The fourth-order valence-corrected chi connectivity index (χ4v) is 0.361. The summed E-state index contributed by atoms with van der Waals surface area (Å²) in [5, 5.41) is 0. The summed E-state index contributed by atoms with van der Waals surface area (Å²) in [5.41, 5.74) is 0. The molecule has 52 valence electrons. The van der Waals surface area contributed by atoms with Crippen molar-refractivity contribution in [3.05, 3.63) is 60.7 Å². The zero-order valence-electron chi connectivity index (χ0n) is 5.86. The van der Waals surface area contributed by atoms with Gasteiger partial charge in [-0.25, -0.2) is 0 Å². The minimum absolute atomic E-state index is 0. The molecule has 0 nitrogen and oxygen atoms in total. The van der Waals surface area contributed by atoms with Crippen molar-refractivity contribution >= 4 is 23.1 Å². The SMILES string of the molecule is [Mg+2].[c-]1[c-][c-][cH-][c-]1.[c-]1[c-][c-][cH-][c-]1. The van der Waals surface area contributed by atoms with Crippen molar-refractivity contribution in [2.45, 2.75) is 0 Å². The van der Waals surface area contributed by atoms with Crippen molar-refractivity contribution in [2.75, 3.05) is 0 Å². The maximum Gasteiger partial charge on any atom is 2.00 e. The fourth-order valence-electron chi connectivity index (χ4n) is 0.361. The summed E-state index contributed by atoms with van der Waals surface area (Å²) in [7, 11) is 0. The molecule has 2 aromatic carbocycles. The maximum absolute atomic E-state index is 2.62. The van der Waals surface area contributed by atoms with E-state index in [4.69, 9.17) is 0 Å². The second-order valence-electron chi connectivity index (χ2n) is 1.37. The number of hydrogen-bond donors (Lipinski definition) is 0. The van der Waals surface area contributed by atoms with Gasteiger partial charge in [0.1, 0.15) is 0 Å². The first kappa shape index (κ1) is 10.5. The topological polar surface area (TPSA) is 0 Å². The smallest absolute Gasteiger partial charge is 0.999 e. The molecule has 0 fully saturated rings. The molecule has 0 aliphatic rings. The molecular weight excluding hydrogens is 144 g/mol. The summed E-state index contributed by atoms with van der Waals surface area (Å²) in [6, 6.07) is 24.0. The van der Waals surface area contributed by atoms with Crippen LogP contribution in [0.2, 0.25) is 0 Å². The van der Waals surface area contributed by atoms with E-state index >= 15 is 0 Å². The average Bonchev–Trinajstić information content (AvgIpc) is 2.67. The molecule has 2 aromatic rings. The normalized spacial score (nSPS) is 7.27. The van der Waals surface area contributed by atoms with E-state index in [-0.39, 0.29) is 23.1 Å². The van der Waals surface area contributed by atoms with Crippen molar-refractivity contribution in [3.63, 3.8) is 0 Å². The van der Waals surface area contributed by atoms with Crippen LogP contribution in [0.4, 0.5) is 0 Å². The molecule has 0 aromatic heterocycles. The van der Waals surface area contributed by atoms with Crippen LogP contribution in [0.5, 0.6) is 0 Å². The molecule has 0 bridgehead atoms. The summed E-state index contributed by atoms with van der Waals surface area (Å²) in [6.07, 6.45) is 0. The Morgan fingerprint density at radius 2 is 0.818 bits per heavy atom. The summed E-state index contributed by atoms with van der Waals surface area (Å²) < 4.78 is 0. The largest absolute Gasteiger partial charge is 2.00 e. The third-order valence-electron chi connectivity index (χ3n) is 0.702. The van der Waals surface area contributed by atoms with Crippen LogP contribution in [0.15, 0.2) is 12.1 Å². The number of rotatable bonds is 0. The minimum Gasteiger partial charge on any atom is -0.999 e. The fraction of sp³-hybridized carbons (Fsp3) is 0. The summed E-state index contributed by atoms with van der Waals surface area (Å²) in [6.45, 7) is 0. The van der Waals surface area contributed by atoms with E-state index in [0.29, 0.717) is 0 Å². The van der Waals surface area contributed by atoms with Gasteiger partial charge in [-0.2, -0.15) is 0 Å². The molecule has 0 unspecified atom stereocenters. The molecule has 11 heavy (non-hydrogen) atoms. The molecule has 0 atom stereocenters. The molecule has 0 spiro atoms. The van der Waals surface area contributed by atoms with Crippen LogP contribution in [-0.4, -0.2) is 23.1 Å². The zero-order valence-corrected chi connectivity index (χ0v) is 7.28. The van der Waals surface area contributed by atoms with Gasteiger partial charge in [0.2, 0.25) is 0 Å². The van der Waals surface area contributed by atoms with Gasteiger partial charge in [-0.3, -0.25) is 0 Å². The molecule has 1 heteroatoms. The van der Waals surface area contributed by atoms with E-state index in [9.17, 15) is 0 Å². The quantitative estimate of drug-likeness (QED) is 0.382. The first-order valence-electron chi connectivity index (χ1n) is 2.65. The van der Waals surface area contributed by atoms with Crippen molar-refractivity contribution in [1.82, 2.24) is 0 Å². The minimum atomic E-state index is 0. The molecule has 0 N–H and O–H groups in total. The Bertz CT molecular complexity index is 144. The van der Waals surface area contributed by atoms with Gasteiger partial charge in [-0.15, -0.1) is 0 Å². The standard InChI is InChI=1S/2C5H.Mg/c2*1-2-4-5-3-1;/h2*1H;/q2*-5;+2. The van der Waals surface area contributed by atoms with Crippen LogP contribution in [0, 0.1) is 48.5 Å². The van der Waals surface area contributed by atoms with Crippen molar-refractivity contribution in [2.24, 2.45) is 0 Å². The molecule has 0 saturated carbocycles. The Morgan fingerprint density at radius 3 is 0.909 bits per heavy atom. The van der Waals surface area contributed by atoms with Gasteiger partial charge >= 0.3 is 23.1 Å². The average molecular weight is 146 g/mol. The van der Waals surface area contributed by atoms with Gasteiger partial charge in [0, 0.05) is 0 Å². The number of hydrogen-bond acceptors (Lipinski definition) is 0. The van der Waals surface area contributed by atoms with Crippen LogP contribution in [0.3, 0.4) is 0 Å². The monoisotopic (exact) mass is 146 g/mol. The van der Waals surface area contributed by atoms with E-state index < -0.39 is 0 Å². The Balaban J connectivity index is 0.000000167. The Labute approximate surface area is 83.7 Å². The van der Waals surface area contributed by atoms with Gasteiger partial charge in [-0.1, -0.05) is 0 Å². The molecule has 0 radical (unpaired) electrons. The van der Waals surface area contributed by atoms with Crippen LogP contribution in [0.1, 0.15) is 0 Å². The summed E-state index contributed by atoms with van der Waals surface area (Å²) in [4.78, 5) is 0. The molecule has 0 aliphatic carbocycles. The third-order valence-corrected chi connectivity index (χ3v) is 0.702. The van der Waals surface area contributed by atoms with E-state index in [2.05, 4.69) is 48.5 Å². The predicted molar refractivity (Wildman–Crippen MR) is 40.5 cm³/mol. The van der Waals surface area contributed by atoms with E-state index in [1.807, 2.05) is 0 Å². The second-order valence-corrected chi connectivity index (χ2v) is 1.37. The second kappa shape index (κ2) is 7.57. The Kier molecular flexibility index (Phi) is 7.20. The van der Waals surface area contributed by atoms with Crippen molar-refractivity contribution in [3.8, 4) is 0 Å². The summed E-state index contributed by atoms with van der Waals surface area (Å²) >= 11 is 0. The van der Waals surface area contributed by atoms with Crippen LogP contribution in [0.25, 0.3) is 0 Å². The van der Waals surface area contributed by atoms with Crippen LogP contribution in [-0.2, 0) is 0 Å². The predicted octanol–water partition coefficient (Wildman–Crippen LogP) is 0.832. The van der Waals surface area contributed by atoms with E-state index in [1.54, 1.807) is 12.1 Å². The first-order valence-corrected chi connectivity index (χ1v) is 2.65. The van der Waals surface area contributed by atoms with Crippen LogP contribution < -0.4 is 0 Å². The molecule has 2 rings (SSSR count). The molecule has 0 amide bonds. The van der Waals surface area contributed by atoms with E-state index in [0.717, 1.165) is 0 Å². The first-order chi connectivity index (χ1) is 5.00. The van der Waals surface area contributed by atoms with Gasteiger partial charge in [0.15, 0.2) is 0 Å². The van der Waals surface area contributed by atoms with Gasteiger partial charge in [0.25, 0.3) is 0 Å². The zero-order chi connectivity index (χ0) is 7.07. The van der Waals surface area contributed by atoms with Crippen LogP contribution >= 0.6 is 0 Å². The maximum atomic E-state index is 2.62. The van der Waals surface area contributed by atoms with Gasteiger partial charge in [-0.05, 0) is 0 Å². The van der Waals surface area contributed by atoms with E-state index in [1.165, 1.54) is 0 Å². The van der Waals surface area contributed by atoms with Crippen molar-refractivity contribution < 1.29 is 0 Å². The van der Waals surface area contributed by atoms with Gasteiger partial charge < -0.3 is 60.7 Å². The van der Waals surface area contributed by atoms with Crippen molar-refractivity contribution in [1.29, 1.82) is 0 Å². The van der Waals surface area contributed by atoms with Gasteiger partial charge in [0.05, 0.1) is 0 Å². The Hall–Kier alpha value is -0.534. The third kappa shape index (κ3) is 5.89. The Morgan fingerprint density at radius 1 is 0.545 bits per heavy atom. The molecule has 0 saturated heterocycles.